The molecule has 0 atom stereocenters. The Hall–Kier alpha value is -2.36. The van der Waals surface area contributed by atoms with E-state index < -0.39 is 0 Å². The van der Waals surface area contributed by atoms with Crippen molar-refractivity contribution in [2.24, 2.45) is 0 Å². The number of nitrogens with one attached hydrogen (secondary N) is 1. The molecule has 3 aromatic rings. The molecule has 1 heterocycles. The second kappa shape index (κ2) is 5.95. The summed E-state index contributed by atoms with van der Waals surface area (Å²) in [5.74, 6) is 0.712. The van der Waals surface area contributed by atoms with Crippen LogP contribution in [0.1, 0.15) is 19.2 Å². The zero-order valence-corrected chi connectivity index (χ0v) is 12.0. The number of rotatable bonds is 5. The number of imidazole rings is 1. The fourth-order valence-electron chi connectivity index (χ4n) is 2.49. The summed E-state index contributed by atoms with van der Waals surface area (Å²) in [6.45, 7) is 3.58. The Morgan fingerprint density at radius 2 is 1.95 bits per heavy atom. The number of fused-ring (bicyclic) bond motifs is 1. The van der Waals surface area contributed by atoms with Gasteiger partial charge in [-0.05, 0) is 36.8 Å². The topological polar surface area (TPSA) is 29.9 Å². The van der Waals surface area contributed by atoms with Crippen molar-refractivity contribution in [3.05, 3.63) is 60.2 Å². The zero-order valence-electron chi connectivity index (χ0n) is 12.0. The summed E-state index contributed by atoms with van der Waals surface area (Å²) >= 11 is 0. The molecule has 0 radical (unpaired) electrons. The first-order valence-corrected chi connectivity index (χ1v) is 7.21. The van der Waals surface area contributed by atoms with Crippen LogP contribution in [0.2, 0.25) is 0 Å². The van der Waals surface area contributed by atoms with Crippen molar-refractivity contribution in [1.82, 2.24) is 9.55 Å². The van der Waals surface area contributed by atoms with Crippen molar-refractivity contribution >= 4 is 16.7 Å². The molecule has 0 saturated carbocycles. The van der Waals surface area contributed by atoms with Crippen LogP contribution in [0.15, 0.2) is 48.5 Å². The van der Waals surface area contributed by atoms with Gasteiger partial charge in [0.1, 0.15) is 11.6 Å². The average Bonchev–Trinajstić information content (AvgIpc) is 2.84. The summed E-state index contributed by atoms with van der Waals surface area (Å²) in [7, 11) is 0. The number of para-hydroxylation sites is 1. The summed E-state index contributed by atoms with van der Waals surface area (Å²) in [5, 5.41) is 3.36. The van der Waals surface area contributed by atoms with E-state index >= 15 is 0 Å². The molecule has 3 rings (SSSR count). The number of anilines is 1. The van der Waals surface area contributed by atoms with Crippen molar-refractivity contribution in [3.63, 3.8) is 0 Å². The standard InChI is InChI=1S/C17H18FN3/c1-2-10-21-16-11-13(18)8-9-15(16)20-17(21)12-19-14-6-4-3-5-7-14/h3-9,11,19H,2,10,12H2,1H3. The van der Waals surface area contributed by atoms with E-state index in [1.54, 1.807) is 12.1 Å². The van der Waals surface area contributed by atoms with E-state index in [-0.39, 0.29) is 5.82 Å². The van der Waals surface area contributed by atoms with Crippen LogP contribution in [-0.2, 0) is 13.1 Å². The Balaban J connectivity index is 1.91. The van der Waals surface area contributed by atoms with E-state index in [1.165, 1.54) is 6.07 Å². The molecule has 1 N–H and O–H groups in total. The third-order valence-electron chi connectivity index (χ3n) is 3.46. The van der Waals surface area contributed by atoms with Crippen LogP contribution < -0.4 is 5.32 Å². The van der Waals surface area contributed by atoms with Gasteiger partial charge in [0.25, 0.3) is 0 Å². The highest BCUT2D eigenvalue weighted by atomic mass is 19.1. The van der Waals surface area contributed by atoms with Gasteiger partial charge in [-0.15, -0.1) is 0 Å². The van der Waals surface area contributed by atoms with E-state index in [9.17, 15) is 4.39 Å². The molecule has 0 fully saturated rings. The minimum absolute atomic E-state index is 0.220. The van der Waals surface area contributed by atoms with Crippen LogP contribution in [0.3, 0.4) is 0 Å². The van der Waals surface area contributed by atoms with Crippen molar-refractivity contribution in [1.29, 1.82) is 0 Å². The van der Waals surface area contributed by atoms with Gasteiger partial charge in [0.2, 0.25) is 0 Å². The summed E-state index contributed by atoms with van der Waals surface area (Å²) in [5.41, 5.74) is 2.76. The van der Waals surface area contributed by atoms with Gasteiger partial charge < -0.3 is 9.88 Å². The fraction of sp³-hybridized carbons (Fsp3) is 0.235. The number of hydrogen-bond donors (Lipinski definition) is 1. The molecule has 0 saturated heterocycles. The molecule has 0 amide bonds. The van der Waals surface area contributed by atoms with Gasteiger partial charge in [-0.1, -0.05) is 25.1 Å². The monoisotopic (exact) mass is 283 g/mol. The molecular weight excluding hydrogens is 265 g/mol. The Morgan fingerprint density at radius 1 is 1.14 bits per heavy atom. The second-order valence-corrected chi connectivity index (χ2v) is 5.03. The van der Waals surface area contributed by atoms with Gasteiger partial charge in [-0.3, -0.25) is 0 Å². The largest absolute Gasteiger partial charge is 0.378 e. The van der Waals surface area contributed by atoms with Gasteiger partial charge >= 0.3 is 0 Å². The Labute approximate surface area is 123 Å². The lowest BCUT2D eigenvalue weighted by Crippen LogP contribution is -2.08. The highest BCUT2D eigenvalue weighted by molar-refractivity contribution is 5.76. The van der Waals surface area contributed by atoms with Gasteiger partial charge in [-0.25, -0.2) is 9.37 Å². The fourth-order valence-corrected chi connectivity index (χ4v) is 2.49. The number of hydrogen-bond acceptors (Lipinski definition) is 2. The average molecular weight is 283 g/mol. The van der Waals surface area contributed by atoms with Crippen LogP contribution >= 0.6 is 0 Å². The third-order valence-corrected chi connectivity index (χ3v) is 3.46. The van der Waals surface area contributed by atoms with Crippen LogP contribution in [0, 0.1) is 5.82 Å². The van der Waals surface area contributed by atoms with Crippen LogP contribution in [0.5, 0.6) is 0 Å². The van der Waals surface area contributed by atoms with E-state index in [4.69, 9.17) is 0 Å². The van der Waals surface area contributed by atoms with Gasteiger partial charge in [0.15, 0.2) is 0 Å². The maximum absolute atomic E-state index is 13.5. The highest BCUT2D eigenvalue weighted by Crippen LogP contribution is 2.19. The van der Waals surface area contributed by atoms with Crippen LogP contribution in [0.25, 0.3) is 11.0 Å². The Morgan fingerprint density at radius 3 is 2.71 bits per heavy atom. The smallest absolute Gasteiger partial charge is 0.129 e. The number of nitrogens with zero attached hydrogens (tertiary/aromatic N) is 2. The third kappa shape index (κ3) is 2.89. The lowest BCUT2D eigenvalue weighted by molar-refractivity contribution is 0.625. The molecule has 0 spiro atoms. The Kier molecular flexibility index (Phi) is 3.86. The molecular formula is C17H18FN3. The summed E-state index contributed by atoms with van der Waals surface area (Å²) in [6, 6.07) is 14.8. The van der Waals surface area contributed by atoms with Gasteiger partial charge in [-0.2, -0.15) is 0 Å². The first kappa shape index (κ1) is 13.6. The number of aromatic nitrogens is 2. The van der Waals surface area contributed by atoms with Crippen molar-refractivity contribution in [3.8, 4) is 0 Å². The number of benzene rings is 2. The molecule has 1 aromatic heterocycles. The highest BCUT2D eigenvalue weighted by Gasteiger charge is 2.10. The molecule has 21 heavy (non-hydrogen) atoms. The molecule has 0 aliphatic rings. The lowest BCUT2D eigenvalue weighted by atomic mass is 10.3. The quantitative estimate of drug-likeness (QED) is 0.760. The number of halogens is 1. The molecule has 0 aliphatic heterocycles. The molecule has 0 unspecified atom stereocenters. The zero-order chi connectivity index (χ0) is 14.7. The SMILES string of the molecule is CCCn1c(CNc2ccccc2)nc2ccc(F)cc21. The normalized spacial score (nSPS) is 11.0. The molecule has 108 valence electrons. The predicted octanol–water partition coefficient (Wildman–Crippen LogP) is 4.20. The molecule has 0 bridgehead atoms. The minimum Gasteiger partial charge on any atom is -0.378 e. The first-order chi connectivity index (χ1) is 10.3. The first-order valence-electron chi connectivity index (χ1n) is 7.21. The number of aryl methyl sites for hydroxylation is 1. The van der Waals surface area contributed by atoms with Crippen molar-refractivity contribution in [2.45, 2.75) is 26.4 Å². The second-order valence-electron chi connectivity index (χ2n) is 5.03. The van der Waals surface area contributed by atoms with Gasteiger partial charge in [0.05, 0.1) is 17.6 Å². The van der Waals surface area contributed by atoms with E-state index in [0.29, 0.717) is 6.54 Å². The van der Waals surface area contributed by atoms with Crippen LogP contribution in [0.4, 0.5) is 10.1 Å². The molecule has 3 nitrogen and oxygen atoms in total. The molecule has 2 aromatic carbocycles. The predicted molar refractivity (Wildman–Crippen MR) is 83.8 cm³/mol. The molecule has 4 heteroatoms. The maximum Gasteiger partial charge on any atom is 0.129 e. The summed E-state index contributed by atoms with van der Waals surface area (Å²) in [4.78, 5) is 4.62. The minimum atomic E-state index is -0.220. The summed E-state index contributed by atoms with van der Waals surface area (Å²) in [6.07, 6.45) is 0.986. The van der Waals surface area contributed by atoms with Crippen molar-refractivity contribution in [2.75, 3.05) is 5.32 Å². The van der Waals surface area contributed by atoms with E-state index in [2.05, 4.69) is 21.8 Å². The van der Waals surface area contributed by atoms with Gasteiger partial charge in [0, 0.05) is 12.2 Å². The molecule has 0 aliphatic carbocycles. The Bertz CT molecular complexity index is 734. The van der Waals surface area contributed by atoms with Crippen molar-refractivity contribution < 1.29 is 4.39 Å². The lowest BCUT2D eigenvalue weighted by Gasteiger charge is -2.09. The maximum atomic E-state index is 13.5. The summed E-state index contributed by atoms with van der Waals surface area (Å²) < 4.78 is 15.6. The van der Waals surface area contributed by atoms with E-state index in [0.717, 1.165) is 35.5 Å². The van der Waals surface area contributed by atoms with Crippen LogP contribution in [-0.4, -0.2) is 9.55 Å². The van der Waals surface area contributed by atoms with E-state index in [1.807, 2.05) is 30.3 Å².